The number of aliphatic hydroxyl groups excluding tert-OH is 1. The molecule has 1 heterocycles. The van der Waals surface area contributed by atoms with Crippen LogP contribution < -0.4 is 0 Å². The minimum absolute atomic E-state index is 0.161. The van der Waals surface area contributed by atoms with Crippen LogP contribution in [-0.4, -0.2) is 30.4 Å². The number of aliphatic hydroxyl groups is 1. The first kappa shape index (κ1) is 16.3. The minimum atomic E-state index is -4.02. The Balaban J connectivity index is 2.49. The van der Waals surface area contributed by atoms with Gasteiger partial charge in [0.1, 0.15) is 10.7 Å². The van der Waals surface area contributed by atoms with E-state index in [9.17, 15) is 17.2 Å². The third kappa shape index (κ3) is 2.95. The molecule has 1 aliphatic rings. The van der Waals surface area contributed by atoms with Gasteiger partial charge < -0.3 is 5.11 Å². The molecule has 1 aliphatic heterocycles. The maximum absolute atomic E-state index is 14.2. The van der Waals surface area contributed by atoms with Crippen molar-refractivity contribution in [2.45, 2.75) is 50.2 Å². The summed E-state index contributed by atoms with van der Waals surface area (Å²) in [5.74, 6) is -2.14. The molecule has 0 aliphatic carbocycles. The van der Waals surface area contributed by atoms with Gasteiger partial charge in [-0.2, -0.15) is 4.31 Å². The zero-order chi connectivity index (χ0) is 15.6. The van der Waals surface area contributed by atoms with Gasteiger partial charge in [-0.25, -0.2) is 17.2 Å². The van der Waals surface area contributed by atoms with Crippen LogP contribution in [0.4, 0.5) is 8.78 Å². The van der Waals surface area contributed by atoms with Crippen molar-refractivity contribution in [1.82, 2.24) is 4.31 Å². The smallest absolute Gasteiger partial charge is 0.246 e. The molecule has 118 valence electrons. The summed E-state index contributed by atoms with van der Waals surface area (Å²) >= 11 is 0. The predicted molar refractivity (Wildman–Crippen MR) is 74.1 cm³/mol. The molecule has 1 saturated heterocycles. The van der Waals surface area contributed by atoms with Gasteiger partial charge in [0.05, 0.1) is 12.2 Å². The Morgan fingerprint density at radius 1 is 1.33 bits per heavy atom. The molecule has 1 atom stereocenters. The number of hydrogen-bond donors (Lipinski definition) is 1. The standard InChI is InChI=1S/C14H19F2NO3S/c1-2-10-5-3-4-8-17(10)21(19,20)13-7-6-12(15)11(9-18)14(13)16/h6-7,10,18H,2-5,8-9H2,1H3. The Morgan fingerprint density at radius 2 is 2.05 bits per heavy atom. The summed E-state index contributed by atoms with van der Waals surface area (Å²) in [5.41, 5.74) is -0.610. The number of sulfonamides is 1. The predicted octanol–water partition coefficient (Wildman–Crippen LogP) is 2.41. The summed E-state index contributed by atoms with van der Waals surface area (Å²) < 4.78 is 54.2. The van der Waals surface area contributed by atoms with Gasteiger partial charge in [-0.05, 0) is 31.4 Å². The van der Waals surface area contributed by atoms with E-state index in [2.05, 4.69) is 0 Å². The second kappa shape index (κ2) is 6.37. The second-order valence-electron chi connectivity index (χ2n) is 5.17. The van der Waals surface area contributed by atoms with Gasteiger partial charge in [0.15, 0.2) is 5.82 Å². The topological polar surface area (TPSA) is 57.6 Å². The highest BCUT2D eigenvalue weighted by molar-refractivity contribution is 7.89. The van der Waals surface area contributed by atoms with Crippen molar-refractivity contribution in [2.24, 2.45) is 0 Å². The van der Waals surface area contributed by atoms with E-state index in [4.69, 9.17) is 5.11 Å². The Bertz CT molecular complexity index is 619. The van der Waals surface area contributed by atoms with Crippen LogP contribution in [0.15, 0.2) is 17.0 Å². The van der Waals surface area contributed by atoms with Crippen molar-refractivity contribution in [3.05, 3.63) is 29.3 Å². The van der Waals surface area contributed by atoms with E-state index in [1.807, 2.05) is 6.92 Å². The van der Waals surface area contributed by atoms with Crippen LogP contribution in [0, 0.1) is 11.6 Å². The average molecular weight is 319 g/mol. The first-order valence-corrected chi connectivity index (χ1v) is 8.47. The van der Waals surface area contributed by atoms with E-state index in [0.29, 0.717) is 13.0 Å². The Hall–Kier alpha value is -1.05. The molecule has 0 radical (unpaired) electrons. The molecule has 0 saturated carbocycles. The highest BCUT2D eigenvalue weighted by atomic mass is 32.2. The molecule has 0 spiro atoms. The monoisotopic (exact) mass is 319 g/mol. The largest absolute Gasteiger partial charge is 0.391 e. The fraction of sp³-hybridized carbons (Fsp3) is 0.571. The molecule has 21 heavy (non-hydrogen) atoms. The molecule has 1 N–H and O–H groups in total. The van der Waals surface area contributed by atoms with Gasteiger partial charge in [0.2, 0.25) is 10.0 Å². The highest BCUT2D eigenvalue weighted by Gasteiger charge is 2.35. The fourth-order valence-corrected chi connectivity index (χ4v) is 4.60. The van der Waals surface area contributed by atoms with Gasteiger partial charge in [-0.15, -0.1) is 0 Å². The number of hydrogen-bond acceptors (Lipinski definition) is 3. The Morgan fingerprint density at radius 3 is 2.67 bits per heavy atom. The summed E-state index contributed by atoms with van der Waals surface area (Å²) in [6, 6.07) is 1.65. The van der Waals surface area contributed by atoms with E-state index in [-0.39, 0.29) is 6.04 Å². The van der Waals surface area contributed by atoms with Crippen LogP contribution in [0.1, 0.15) is 38.2 Å². The van der Waals surface area contributed by atoms with Crippen molar-refractivity contribution >= 4 is 10.0 Å². The average Bonchev–Trinajstić information content (AvgIpc) is 2.47. The van der Waals surface area contributed by atoms with Crippen molar-refractivity contribution in [3.63, 3.8) is 0 Å². The van der Waals surface area contributed by atoms with Crippen molar-refractivity contribution in [1.29, 1.82) is 0 Å². The molecule has 2 rings (SSSR count). The van der Waals surface area contributed by atoms with Gasteiger partial charge in [-0.3, -0.25) is 0 Å². The van der Waals surface area contributed by atoms with Gasteiger partial charge in [0.25, 0.3) is 0 Å². The molecule has 0 amide bonds. The van der Waals surface area contributed by atoms with Gasteiger partial charge in [0, 0.05) is 12.6 Å². The number of benzene rings is 1. The molecule has 7 heteroatoms. The third-order valence-corrected chi connectivity index (χ3v) is 5.91. The fourth-order valence-electron chi connectivity index (χ4n) is 2.75. The summed E-state index contributed by atoms with van der Waals surface area (Å²) in [7, 11) is -4.02. The van der Waals surface area contributed by atoms with E-state index < -0.39 is 38.7 Å². The van der Waals surface area contributed by atoms with Crippen molar-refractivity contribution in [2.75, 3.05) is 6.54 Å². The van der Waals surface area contributed by atoms with E-state index in [1.165, 1.54) is 4.31 Å². The number of piperidine rings is 1. The molecule has 1 unspecified atom stereocenters. The minimum Gasteiger partial charge on any atom is -0.391 e. The number of nitrogens with zero attached hydrogens (tertiary/aromatic N) is 1. The molecule has 1 aromatic carbocycles. The second-order valence-corrected chi connectivity index (χ2v) is 7.03. The quantitative estimate of drug-likeness (QED) is 0.927. The van der Waals surface area contributed by atoms with Crippen LogP contribution in [0.5, 0.6) is 0 Å². The maximum atomic E-state index is 14.2. The highest BCUT2D eigenvalue weighted by Crippen LogP contribution is 2.29. The lowest BCUT2D eigenvalue weighted by molar-refractivity contribution is 0.245. The SMILES string of the molecule is CCC1CCCCN1S(=O)(=O)c1ccc(F)c(CO)c1F. The molecule has 4 nitrogen and oxygen atoms in total. The lowest BCUT2D eigenvalue weighted by Crippen LogP contribution is -2.43. The van der Waals surface area contributed by atoms with Crippen molar-refractivity contribution in [3.8, 4) is 0 Å². The molecular formula is C14H19F2NO3S. The van der Waals surface area contributed by atoms with Gasteiger partial charge >= 0.3 is 0 Å². The normalized spacial score (nSPS) is 20.7. The first-order valence-electron chi connectivity index (χ1n) is 7.03. The number of halogens is 2. The Labute approximate surface area is 123 Å². The van der Waals surface area contributed by atoms with E-state index in [1.54, 1.807) is 0 Å². The molecule has 0 aromatic heterocycles. The van der Waals surface area contributed by atoms with Gasteiger partial charge in [-0.1, -0.05) is 13.3 Å². The van der Waals surface area contributed by atoms with Crippen LogP contribution in [0.2, 0.25) is 0 Å². The van der Waals surface area contributed by atoms with Crippen LogP contribution in [0.25, 0.3) is 0 Å². The summed E-state index contributed by atoms with van der Waals surface area (Å²) in [4.78, 5) is -0.562. The molecule has 1 aromatic rings. The summed E-state index contributed by atoms with van der Waals surface area (Å²) in [6.07, 6.45) is 3.06. The van der Waals surface area contributed by atoms with Crippen LogP contribution in [0.3, 0.4) is 0 Å². The third-order valence-electron chi connectivity index (χ3n) is 3.94. The molecular weight excluding hydrogens is 300 g/mol. The lowest BCUT2D eigenvalue weighted by Gasteiger charge is -2.34. The van der Waals surface area contributed by atoms with Crippen molar-refractivity contribution < 1.29 is 22.3 Å². The molecule has 1 fully saturated rings. The summed E-state index contributed by atoms with van der Waals surface area (Å²) in [5, 5.41) is 9.01. The first-order chi connectivity index (χ1) is 9.93. The van der Waals surface area contributed by atoms with Crippen LogP contribution >= 0.6 is 0 Å². The van der Waals surface area contributed by atoms with Crippen LogP contribution in [-0.2, 0) is 16.6 Å². The van der Waals surface area contributed by atoms with E-state index in [0.717, 1.165) is 31.4 Å². The maximum Gasteiger partial charge on any atom is 0.246 e. The number of rotatable bonds is 4. The Kier molecular flexibility index (Phi) is 4.95. The molecule has 0 bridgehead atoms. The zero-order valence-electron chi connectivity index (χ0n) is 11.8. The summed E-state index contributed by atoms with van der Waals surface area (Å²) in [6.45, 7) is 1.35. The zero-order valence-corrected chi connectivity index (χ0v) is 12.7. The van der Waals surface area contributed by atoms with E-state index >= 15 is 0 Å². The lowest BCUT2D eigenvalue weighted by atomic mass is 10.0.